The number of alkyl halides is 3. The molecule has 1 aliphatic carbocycles. The fourth-order valence-electron chi connectivity index (χ4n) is 3.36. The molecular weight excluding hydrogens is 275 g/mol. The van der Waals surface area contributed by atoms with Crippen LogP contribution >= 0.6 is 0 Å². The highest BCUT2D eigenvalue weighted by Gasteiger charge is 2.29. The van der Waals surface area contributed by atoms with Crippen LogP contribution in [-0.4, -0.2) is 18.8 Å². The lowest BCUT2D eigenvalue weighted by atomic mass is 9.78. The van der Waals surface area contributed by atoms with Gasteiger partial charge in [0, 0.05) is 12.5 Å². The van der Waals surface area contributed by atoms with E-state index in [1.54, 1.807) is 0 Å². The molecular formula is C17H24F3N. The predicted molar refractivity (Wildman–Crippen MR) is 79.3 cm³/mol. The van der Waals surface area contributed by atoms with Gasteiger partial charge in [0.05, 0.1) is 0 Å². The van der Waals surface area contributed by atoms with Crippen LogP contribution in [-0.2, 0) is 12.8 Å². The minimum absolute atomic E-state index is 0.200. The number of halogens is 3. The number of hydrogen-bond acceptors (Lipinski definition) is 1. The van der Waals surface area contributed by atoms with Crippen LogP contribution in [0.1, 0.15) is 43.7 Å². The fraction of sp³-hybridized carbons (Fsp3) is 0.647. The van der Waals surface area contributed by atoms with Crippen LogP contribution in [0.4, 0.5) is 13.2 Å². The molecule has 2 atom stereocenters. The zero-order valence-electron chi connectivity index (χ0n) is 12.5. The average Bonchev–Trinajstić information content (AvgIpc) is 2.44. The molecule has 0 aliphatic heterocycles. The van der Waals surface area contributed by atoms with Gasteiger partial charge in [-0.05, 0) is 55.7 Å². The highest BCUT2D eigenvalue weighted by atomic mass is 19.4. The molecule has 0 fully saturated rings. The number of hydrogen-bond donors (Lipinski definition) is 1. The first-order valence-corrected chi connectivity index (χ1v) is 7.86. The predicted octanol–water partition coefficient (Wildman–Crippen LogP) is 4.50. The van der Waals surface area contributed by atoms with Crippen molar-refractivity contribution >= 4 is 0 Å². The van der Waals surface area contributed by atoms with E-state index in [9.17, 15) is 13.2 Å². The zero-order valence-corrected chi connectivity index (χ0v) is 12.5. The maximum atomic E-state index is 12.3. The van der Waals surface area contributed by atoms with Crippen LogP contribution in [0.25, 0.3) is 0 Å². The van der Waals surface area contributed by atoms with Gasteiger partial charge in [-0.2, -0.15) is 13.2 Å². The second-order valence-corrected chi connectivity index (χ2v) is 5.94. The highest BCUT2D eigenvalue weighted by molar-refractivity contribution is 5.30. The molecule has 0 saturated carbocycles. The minimum atomic E-state index is -4.03. The SMILES string of the molecule is CCNC(CCCC(F)(F)F)C1CCc2ccccc2C1. The Bertz CT molecular complexity index is 442. The van der Waals surface area contributed by atoms with Crippen LogP contribution in [0.5, 0.6) is 0 Å². The quantitative estimate of drug-likeness (QED) is 0.815. The van der Waals surface area contributed by atoms with Gasteiger partial charge in [-0.15, -0.1) is 0 Å². The summed E-state index contributed by atoms with van der Waals surface area (Å²) >= 11 is 0. The molecule has 0 aromatic heterocycles. The van der Waals surface area contributed by atoms with E-state index in [4.69, 9.17) is 0 Å². The fourth-order valence-corrected chi connectivity index (χ4v) is 3.36. The monoisotopic (exact) mass is 299 g/mol. The molecule has 1 aromatic rings. The summed E-state index contributed by atoms with van der Waals surface area (Å²) in [6.45, 7) is 2.84. The standard InChI is InChI=1S/C17H24F3N/c1-2-21-16(8-5-11-17(18,19)20)15-10-9-13-6-3-4-7-14(13)12-15/h3-4,6-7,15-16,21H,2,5,8-12H2,1H3. The minimum Gasteiger partial charge on any atom is -0.314 e. The highest BCUT2D eigenvalue weighted by Crippen LogP contribution is 2.30. The number of aryl methyl sites for hydroxylation is 1. The van der Waals surface area contributed by atoms with Gasteiger partial charge in [-0.3, -0.25) is 0 Å². The van der Waals surface area contributed by atoms with Crippen molar-refractivity contribution in [3.8, 4) is 0 Å². The Morgan fingerprint density at radius 3 is 2.62 bits per heavy atom. The molecule has 1 aromatic carbocycles. The lowest BCUT2D eigenvalue weighted by Crippen LogP contribution is -2.39. The van der Waals surface area contributed by atoms with Crippen molar-refractivity contribution in [3.63, 3.8) is 0 Å². The Kier molecular flexibility index (Phi) is 5.68. The third-order valence-corrected chi connectivity index (χ3v) is 4.40. The zero-order chi connectivity index (χ0) is 15.3. The largest absolute Gasteiger partial charge is 0.389 e. The smallest absolute Gasteiger partial charge is 0.314 e. The van der Waals surface area contributed by atoms with Gasteiger partial charge in [0.2, 0.25) is 0 Å². The summed E-state index contributed by atoms with van der Waals surface area (Å²) in [5.41, 5.74) is 2.77. The third kappa shape index (κ3) is 5.03. The molecule has 4 heteroatoms. The summed E-state index contributed by atoms with van der Waals surface area (Å²) in [5.74, 6) is 0.452. The molecule has 0 spiro atoms. The summed E-state index contributed by atoms with van der Waals surface area (Å²) in [4.78, 5) is 0. The lowest BCUT2D eigenvalue weighted by molar-refractivity contribution is -0.136. The molecule has 2 unspecified atom stereocenters. The summed E-state index contributed by atoms with van der Waals surface area (Å²) in [5, 5.41) is 3.40. The molecule has 21 heavy (non-hydrogen) atoms. The molecule has 118 valence electrons. The van der Waals surface area contributed by atoms with E-state index in [-0.39, 0.29) is 12.5 Å². The number of rotatable bonds is 6. The number of fused-ring (bicyclic) bond motifs is 1. The van der Waals surface area contributed by atoms with Crippen molar-refractivity contribution in [2.24, 2.45) is 5.92 Å². The molecule has 2 rings (SSSR count). The van der Waals surface area contributed by atoms with Crippen LogP contribution in [0.3, 0.4) is 0 Å². The summed E-state index contributed by atoms with van der Waals surface area (Å²) in [6, 6.07) is 8.63. The molecule has 0 radical (unpaired) electrons. The molecule has 0 heterocycles. The number of benzene rings is 1. The first kappa shape index (κ1) is 16.3. The van der Waals surface area contributed by atoms with Crippen LogP contribution in [0, 0.1) is 5.92 Å². The molecule has 0 bridgehead atoms. The lowest BCUT2D eigenvalue weighted by Gasteiger charge is -2.32. The van der Waals surface area contributed by atoms with Gasteiger partial charge < -0.3 is 5.32 Å². The third-order valence-electron chi connectivity index (χ3n) is 4.40. The van der Waals surface area contributed by atoms with Gasteiger partial charge in [0.1, 0.15) is 0 Å². The summed E-state index contributed by atoms with van der Waals surface area (Å²) in [7, 11) is 0. The first-order chi connectivity index (χ1) is 9.99. The van der Waals surface area contributed by atoms with E-state index in [1.807, 2.05) is 13.0 Å². The van der Waals surface area contributed by atoms with E-state index < -0.39 is 12.6 Å². The average molecular weight is 299 g/mol. The van der Waals surface area contributed by atoms with E-state index in [0.29, 0.717) is 12.3 Å². The second kappa shape index (κ2) is 7.30. The van der Waals surface area contributed by atoms with Gasteiger partial charge in [-0.25, -0.2) is 0 Å². The van der Waals surface area contributed by atoms with E-state index in [2.05, 4.69) is 23.5 Å². The van der Waals surface area contributed by atoms with Crippen molar-refractivity contribution in [2.75, 3.05) is 6.54 Å². The molecule has 1 nitrogen and oxygen atoms in total. The van der Waals surface area contributed by atoms with Crippen molar-refractivity contribution in [1.82, 2.24) is 5.32 Å². The van der Waals surface area contributed by atoms with Crippen molar-refractivity contribution < 1.29 is 13.2 Å². The Hall–Kier alpha value is -1.03. The summed E-state index contributed by atoms with van der Waals surface area (Å²) < 4.78 is 36.9. The first-order valence-electron chi connectivity index (χ1n) is 7.86. The Balaban J connectivity index is 1.93. The van der Waals surface area contributed by atoms with Gasteiger partial charge >= 0.3 is 6.18 Å². The van der Waals surface area contributed by atoms with Crippen LogP contribution < -0.4 is 5.32 Å². The second-order valence-electron chi connectivity index (χ2n) is 5.94. The van der Waals surface area contributed by atoms with Gasteiger partial charge in [-0.1, -0.05) is 31.2 Å². The number of nitrogens with one attached hydrogen (secondary N) is 1. The molecule has 0 saturated heterocycles. The Labute approximate surface area is 124 Å². The van der Waals surface area contributed by atoms with Crippen LogP contribution in [0.2, 0.25) is 0 Å². The molecule has 0 amide bonds. The van der Waals surface area contributed by atoms with Crippen LogP contribution in [0.15, 0.2) is 24.3 Å². The van der Waals surface area contributed by atoms with E-state index in [1.165, 1.54) is 11.1 Å². The topological polar surface area (TPSA) is 12.0 Å². The Morgan fingerprint density at radius 2 is 1.95 bits per heavy atom. The van der Waals surface area contributed by atoms with E-state index >= 15 is 0 Å². The normalized spacial score (nSPS) is 20.1. The van der Waals surface area contributed by atoms with Crippen molar-refractivity contribution in [1.29, 1.82) is 0 Å². The van der Waals surface area contributed by atoms with E-state index in [0.717, 1.165) is 25.8 Å². The maximum Gasteiger partial charge on any atom is 0.389 e. The summed E-state index contributed by atoms with van der Waals surface area (Å²) in [6.07, 6.45) is -0.768. The molecule has 1 aliphatic rings. The maximum absolute atomic E-state index is 12.3. The molecule has 1 N–H and O–H groups in total. The van der Waals surface area contributed by atoms with Crippen molar-refractivity contribution in [2.45, 2.75) is 57.7 Å². The van der Waals surface area contributed by atoms with Crippen molar-refractivity contribution in [3.05, 3.63) is 35.4 Å². The van der Waals surface area contributed by atoms with Gasteiger partial charge in [0.15, 0.2) is 0 Å². The Morgan fingerprint density at radius 1 is 1.24 bits per heavy atom. The van der Waals surface area contributed by atoms with Gasteiger partial charge in [0.25, 0.3) is 0 Å².